The summed E-state index contributed by atoms with van der Waals surface area (Å²) in [5.74, 6) is 0.224. The summed E-state index contributed by atoms with van der Waals surface area (Å²) in [6.07, 6.45) is 5.70. The molecule has 5 rings (SSSR count). The van der Waals surface area contributed by atoms with Crippen LogP contribution in [-0.4, -0.2) is 59.3 Å². The van der Waals surface area contributed by atoms with Crippen molar-refractivity contribution in [2.45, 2.75) is 65.2 Å². The minimum Gasteiger partial charge on any atom is -0.482 e. The number of amides is 1. The molecule has 12 heteroatoms. The van der Waals surface area contributed by atoms with Crippen LogP contribution in [-0.2, 0) is 4.74 Å². The molecule has 1 saturated heterocycles. The second-order valence-corrected chi connectivity index (χ2v) is 11.9. The molecule has 4 aromatic rings. The second kappa shape index (κ2) is 10.7. The Hall–Kier alpha value is -3.29. The Bertz CT molecular complexity index is 1490. The fourth-order valence-corrected chi connectivity index (χ4v) is 5.36. The van der Waals surface area contributed by atoms with Crippen molar-refractivity contribution >= 4 is 34.2 Å². The maximum Gasteiger partial charge on any atom is 0.410 e. The van der Waals surface area contributed by atoms with E-state index in [-0.39, 0.29) is 12.1 Å². The van der Waals surface area contributed by atoms with E-state index in [1.807, 2.05) is 51.6 Å². The fraction of sp³-hybridized carbons (Fsp3) is 0.444. The van der Waals surface area contributed by atoms with Gasteiger partial charge in [-0.1, -0.05) is 5.21 Å². The van der Waals surface area contributed by atoms with E-state index in [4.69, 9.17) is 9.47 Å². The highest BCUT2D eigenvalue weighted by Crippen LogP contribution is 2.35. The van der Waals surface area contributed by atoms with Crippen molar-refractivity contribution in [1.29, 1.82) is 0 Å². The zero-order chi connectivity index (χ0) is 27.9. The average Bonchev–Trinajstić information content (AvgIpc) is 3.46. The molecule has 4 aromatic heterocycles. The van der Waals surface area contributed by atoms with Gasteiger partial charge in [-0.25, -0.2) is 18.4 Å². The standard InChI is InChI=1S/C27H31FIN7O3/c1-16-24(32-33-36(16)20-8-10-34(11-9-20)26(37)39-27(3,4)5)18-12-23(25-21(29)14-31-35(25)15-18)38-17(2)22-7-6-19(28)13-30-22/h6-7,12-15,17,20H,8-11H2,1-5H3. The fourth-order valence-electron chi connectivity index (χ4n) is 4.72. The van der Waals surface area contributed by atoms with Crippen molar-refractivity contribution in [2.75, 3.05) is 13.1 Å². The van der Waals surface area contributed by atoms with Gasteiger partial charge in [0, 0.05) is 24.8 Å². The molecule has 10 nitrogen and oxygen atoms in total. The Morgan fingerprint density at radius 1 is 1.21 bits per heavy atom. The molecule has 1 fully saturated rings. The van der Waals surface area contributed by atoms with E-state index in [1.54, 1.807) is 21.7 Å². The average molecular weight is 647 g/mol. The molecule has 39 heavy (non-hydrogen) atoms. The van der Waals surface area contributed by atoms with Crippen molar-refractivity contribution in [3.8, 4) is 17.0 Å². The lowest BCUT2D eigenvalue weighted by Crippen LogP contribution is -2.42. The van der Waals surface area contributed by atoms with Gasteiger partial charge < -0.3 is 14.4 Å². The number of hydrogen-bond donors (Lipinski definition) is 0. The molecule has 206 valence electrons. The first-order valence-corrected chi connectivity index (χ1v) is 13.9. The number of carbonyl (C=O) groups excluding carboxylic acids is 1. The zero-order valence-electron chi connectivity index (χ0n) is 22.6. The second-order valence-electron chi connectivity index (χ2n) is 10.7. The summed E-state index contributed by atoms with van der Waals surface area (Å²) in [5, 5.41) is 13.5. The number of nitrogens with zero attached hydrogens (tertiary/aromatic N) is 7. The number of hydrogen-bond acceptors (Lipinski definition) is 7. The Morgan fingerprint density at radius 3 is 2.62 bits per heavy atom. The SMILES string of the molecule is Cc1c(-c2cc(OC(C)c3ccc(F)cn3)c3c(I)cnn3c2)nnn1C1CCN(C(=O)OC(C)(C)C)CC1. The molecule has 0 aliphatic carbocycles. The smallest absolute Gasteiger partial charge is 0.410 e. The van der Waals surface area contributed by atoms with E-state index in [0.717, 1.165) is 38.9 Å². The summed E-state index contributed by atoms with van der Waals surface area (Å²) < 4.78 is 29.9. The van der Waals surface area contributed by atoms with Gasteiger partial charge in [0.2, 0.25) is 0 Å². The molecule has 1 aliphatic heterocycles. The van der Waals surface area contributed by atoms with Gasteiger partial charge in [0.05, 0.1) is 33.4 Å². The van der Waals surface area contributed by atoms with Crippen LogP contribution in [0.5, 0.6) is 5.75 Å². The van der Waals surface area contributed by atoms with Crippen LogP contribution in [0.1, 0.15) is 64.1 Å². The first kappa shape index (κ1) is 27.3. The third kappa shape index (κ3) is 5.85. The Balaban J connectivity index is 1.38. The minimum atomic E-state index is -0.519. The van der Waals surface area contributed by atoms with Crippen LogP contribution < -0.4 is 4.74 Å². The predicted molar refractivity (Wildman–Crippen MR) is 151 cm³/mol. The number of carbonyl (C=O) groups is 1. The number of rotatable bonds is 5. The monoisotopic (exact) mass is 647 g/mol. The molecule has 1 aliphatic rings. The highest BCUT2D eigenvalue weighted by molar-refractivity contribution is 14.1. The van der Waals surface area contributed by atoms with Gasteiger partial charge in [0.25, 0.3) is 0 Å². The topological polar surface area (TPSA) is 99.7 Å². The van der Waals surface area contributed by atoms with Crippen LogP contribution in [0.4, 0.5) is 9.18 Å². The van der Waals surface area contributed by atoms with Gasteiger partial charge in [0.15, 0.2) is 0 Å². The summed E-state index contributed by atoms with van der Waals surface area (Å²) in [5.41, 5.74) is 3.39. The number of ether oxygens (including phenoxy) is 2. The van der Waals surface area contributed by atoms with Crippen LogP contribution in [0.15, 0.2) is 36.8 Å². The third-order valence-electron chi connectivity index (χ3n) is 6.67. The van der Waals surface area contributed by atoms with Gasteiger partial charge in [-0.05, 0) is 88.3 Å². The molecule has 0 bridgehead atoms. The third-order valence-corrected chi connectivity index (χ3v) is 7.46. The summed E-state index contributed by atoms with van der Waals surface area (Å²) in [4.78, 5) is 18.4. The van der Waals surface area contributed by atoms with Crippen LogP contribution in [0.3, 0.4) is 0 Å². The molecule has 1 amide bonds. The normalized spacial score (nSPS) is 15.5. The first-order chi connectivity index (χ1) is 18.5. The van der Waals surface area contributed by atoms with E-state index in [2.05, 4.69) is 43.0 Å². The lowest BCUT2D eigenvalue weighted by atomic mass is 10.0. The van der Waals surface area contributed by atoms with E-state index in [9.17, 15) is 9.18 Å². The van der Waals surface area contributed by atoms with E-state index in [1.165, 1.54) is 12.3 Å². The number of piperidine rings is 1. The molecule has 0 spiro atoms. The minimum absolute atomic E-state index is 0.125. The van der Waals surface area contributed by atoms with Gasteiger partial charge in [-0.3, -0.25) is 4.98 Å². The van der Waals surface area contributed by atoms with E-state index in [0.29, 0.717) is 24.5 Å². The van der Waals surface area contributed by atoms with Gasteiger partial charge in [-0.2, -0.15) is 5.10 Å². The molecule has 0 radical (unpaired) electrons. The van der Waals surface area contributed by atoms with Crippen LogP contribution >= 0.6 is 22.6 Å². The molecule has 0 aromatic carbocycles. The largest absolute Gasteiger partial charge is 0.482 e. The Morgan fingerprint density at radius 2 is 1.95 bits per heavy atom. The molecular formula is C27H31FIN7O3. The van der Waals surface area contributed by atoms with Crippen LogP contribution in [0.2, 0.25) is 0 Å². The van der Waals surface area contributed by atoms with E-state index >= 15 is 0 Å². The van der Waals surface area contributed by atoms with Crippen molar-refractivity contribution in [2.24, 2.45) is 0 Å². The summed E-state index contributed by atoms with van der Waals surface area (Å²) in [6.45, 7) is 10.7. The van der Waals surface area contributed by atoms with Crippen molar-refractivity contribution < 1.29 is 18.7 Å². The number of fused-ring (bicyclic) bond motifs is 1. The molecule has 5 heterocycles. The van der Waals surface area contributed by atoms with Gasteiger partial charge in [-0.15, -0.1) is 5.10 Å². The van der Waals surface area contributed by atoms with E-state index < -0.39 is 17.5 Å². The van der Waals surface area contributed by atoms with Crippen LogP contribution in [0.25, 0.3) is 16.8 Å². The zero-order valence-corrected chi connectivity index (χ0v) is 24.7. The maximum absolute atomic E-state index is 13.4. The highest BCUT2D eigenvalue weighted by atomic mass is 127. The quantitative estimate of drug-likeness (QED) is 0.255. The summed E-state index contributed by atoms with van der Waals surface area (Å²) in [6, 6.07) is 5.05. The number of pyridine rings is 2. The maximum atomic E-state index is 13.4. The molecule has 0 saturated carbocycles. The Labute approximate surface area is 239 Å². The van der Waals surface area contributed by atoms with Crippen molar-refractivity contribution in [3.63, 3.8) is 0 Å². The lowest BCUT2D eigenvalue weighted by Gasteiger charge is -2.33. The first-order valence-electron chi connectivity index (χ1n) is 12.9. The molecule has 0 N–H and O–H groups in total. The summed E-state index contributed by atoms with van der Waals surface area (Å²) in [7, 11) is 0. The molecule has 1 atom stereocenters. The lowest BCUT2D eigenvalue weighted by molar-refractivity contribution is 0.0184. The molecule has 1 unspecified atom stereocenters. The van der Waals surface area contributed by atoms with Crippen molar-refractivity contribution in [3.05, 3.63) is 57.6 Å². The number of halogens is 2. The summed E-state index contributed by atoms with van der Waals surface area (Å²) >= 11 is 2.23. The van der Waals surface area contributed by atoms with Crippen molar-refractivity contribution in [1.82, 2.24) is 34.5 Å². The Kier molecular flexibility index (Phi) is 7.49. The molecular weight excluding hydrogens is 616 g/mol. The van der Waals surface area contributed by atoms with Crippen LogP contribution in [0, 0.1) is 16.3 Å². The highest BCUT2D eigenvalue weighted by Gasteiger charge is 2.29. The number of likely N-dealkylation sites (tertiary alicyclic amines) is 1. The van der Waals surface area contributed by atoms with Gasteiger partial charge >= 0.3 is 6.09 Å². The number of aromatic nitrogens is 6. The predicted octanol–water partition coefficient (Wildman–Crippen LogP) is 5.75. The van der Waals surface area contributed by atoms with Gasteiger partial charge in [0.1, 0.15) is 34.5 Å².